The Balaban J connectivity index is 3.06. The van der Waals surface area contributed by atoms with Gasteiger partial charge in [0.25, 0.3) is 0 Å². The molecule has 0 bridgehead atoms. The van der Waals surface area contributed by atoms with Crippen LogP contribution < -0.4 is 10.1 Å². The predicted octanol–water partition coefficient (Wildman–Crippen LogP) is 3.31. The number of thioether (sulfide) groups is 1. The van der Waals surface area contributed by atoms with Crippen molar-refractivity contribution in [2.75, 3.05) is 6.26 Å². The monoisotopic (exact) mass is 289 g/mol. The first-order valence-electron chi connectivity index (χ1n) is 4.99. The topological polar surface area (TPSA) is 57.4 Å². The molecule has 0 unspecified atom stereocenters. The Kier molecular flexibility index (Phi) is 5.06. The number of ether oxygens (including phenoxy) is 1. The van der Waals surface area contributed by atoms with Crippen LogP contribution in [0.25, 0.3) is 0 Å². The molecular formula is C11H10F3N3OS. The van der Waals surface area contributed by atoms with Crippen molar-refractivity contribution in [2.24, 2.45) is 4.99 Å². The van der Waals surface area contributed by atoms with E-state index in [0.717, 1.165) is 6.07 Å². The molecule has 0 aromatic heterocycles. The fraction of sp³-hybridized carbons (Fsp3) is 0.273. The maximum absolute atomic E-state index is 12.1. The first-order valence-corrected chi connectivity index (χ1v) is 6.22. The van der Waals surface area contributed by atoms with E-state index in [0.29, 0.717) is 5.56 Å². The summed E-state index contributed by atoms with van der Waals surface area (Å²) in [6, 6.07) is 3.98. The number of aryl methyl sites for hydroxylation is 1. The molecule has 0 spiro atoms. The highest BCUT2D eigenvalue weighted by Crippen LogP contribution is 2.28. The summed E-state index contributed by atoms with van der Waals surface area (Å²) in [5.41, 5.74) is 0.837. The number of halogens is 3. The number of benzene rings is 1. The van der Waals surface area contributed by atoms with Gasteiger partial charge in [0.15, 0.2) is 11.4 Å². The molecule has 1 aromatic rings. The molecule has 102 valence electrons. The number of hydrogen-bond donors (Lipinski definition) is 1. The van der Waals surface area contributed by atoms with Gasteiger partial charge in [-0.2, -0.15) is 5.26 Å². The molecule has 0 heterocycles. The van der Waals surface area contributed by atoms with Crippen LogP contribution in [0.4, 0.5) is 18.9 Å². The van der Waals surface area contributed by atoms with E-state index in [2.05, 4.69) is 15.0 Å². The van der Waals surface area contributed by atoms with Crippen LogP contribution in [-0.4, -0.2) is 17.8 Å². The predicted molar refractivity (Wildman–Crippen MR) is 67.2 cm³/mol. The lowest BCUT2D eigenvalue weighted by atomic mass is 10.2. The zero-order chi connectivity index (χ0) is 14.5. The Hall–Kier alpha value is -1.88. The molecule has 4 nitrogen and oxygen atoms in total. The Morgan fingerprint density at radius 3 is 2.63 bits per heavy atom. The lowest BCUT2D eigenvalue weighted by Gasteiger charge is -2.10. The number of nitrogens with one attached hydrogen (secondary N) is 1. The van der Waals surface area contributed by atoms with Crippen molar-refractivity contribution >= 4 is 22.6 Å². The minimum absolute atomic E-state index is 0.270. The molecule has 0 amide bonds. The van der Waals surface area contributed by atoms with Crippen LogP contribution in [0.15, 0.2) is 23.2 Å². The molecule has 0 fully saturated rings. The summed E-state index contributed by atoms with van der Waals surface area (Å²) in [4.78, 5) is 4.02. The van der Waals surface area contributed by atoms with Gasteiger partial charge < -0.3 is 4.74 Å². The summed E-state index contributed by atoms with van der Waals surface area (Å²) < 4.78 is 40.2. The number of nitriles is 1. The lowest BCUT2D eigenvalue weighted by molar-refractivity contribution is -0.274. The summed E-state index contributed by atoms with van der Waals surface area (Å²) in [6.45, 7) is 1.62. The molecule has 0 aliphatic rings. The third-order valence-corrected chi connectivity index (χ3v) is 2.44. The second kappa shape index (κ2) is 6.33. The Bertz CT molecular complexity index is 523. The molecule has 0 atom stereocenters. The van der Waals surface area contributed by atoms with Crippen LogP contribution in [0.2, 0.25) is 0 Å². The van der Waals surface area contributed by atoms with Gasteiger partial charge in [0.05, 0.1) is 5.69 Å². The zero-order valence-electron chi connectivity index (χ0n) is 10.1. The van der Waals surface area contributed by atoms with Gasteiger partial charge in [0.2, 0.25) is 0 Å². The Morgan fingerprint density at radius 1 is 1.42 bits per heavy atom. The maximum atomic E-state index is 12.1. The molecule has 19 heavy (non-hydrogen) atoms. The highest BCUT2D eigenvalue weighted by Gasteiger charge is 2.31. The number of alkyl halides is 3. The average Bonchev–Trinajstić information content (AvgIpc) is 2.25. The maximum Gasteiger partial charge on any atom is 0.573 e. The SMILES string of the molecule is CSC(=Nc1cc(C)cc(OC(F)(F)F)c1)NC#N. The van der Waals surface area contributed by atoms with Crippen LogP contribution in [0.5, 0.6) is 5.75 Å². The van der Waals surface area contributed by atoms with E-state index in [9.17, 15) is 13.2 Å². The molecule has 1 N–H and O–H groups in total. The summed E-state index contributed by atoms with van der Waals surface area (Å²) in [5.74, 6) is -0.344. The van der Waals surface area contributed by atoms with E-state index in [-0.39, 0.29) is 16.6 Å². The van der Waals surface area contributed by atoms with E-state index >= 15 is 0 Å². The van der Waals surface area contributed by atoms with E-state index in [1.807, 2.05) is 0 Å². The fourth-order valence-corrected chi connectivity index (χ4v) is 1.62. The average molecular weight is 289 g/mol. The molecule has 1 aromatic carbocycles. The minimum atomic E-state index is -4.75. The molecule has 0 radical (unpaired) electrons. The minimum Gasteiger partial charge on any atom is -0.406 e. The van der Waals surface area contributed by atoms with Gasteiger partial charge in [-0.1, -0.05) is 11.8 Å². The van der Waals surface area contributed by atoms with Crippen molar-refractivity contribution in [2.45, 2.75) is 13.3 Å². The van der Waals surface area contributed by atoms with E-state index in [1.165, 1.54) is 17.8 Å². The van der Waals surface area contributed by atoms with E-state index < -0.39 is 6.36 Å². The van der Waals surface area contributed by atoms with Crippen molar-refractivity contribution in [3.8, 4) is 11.9 Å². The zero-order valence-corrected chi connectivity index (χ0v) is 10.9. The van der Waals surface area contributed by atoms with E-state index in [4.69, 9.17) is 5.26 Å². The molecule has 8 heteroatoms. The molecular weight excluding hydrogens is 279 g/mol. The highest BCUT2D eigenvalue weighted by atomic mass is 32.2. The number of rotatable bonds is 2. The lowest BCUT2D eigenvalue weighted by Crippen LogP contribution is -2.17. The van der Waals surface area contributed by atoms with Gasteiger partial charge >= 0.3 is 6.36 Å². The molecule has 0 aliphatic heterocycles. The summed E-state index contributed by atoms with van der Waals surface area (Å²) >= 11 is 1.17. The summed E-state index contributed by atoms with van der Waals surface area (Å²) in [7, 11) is 0. The normalized spacial score (nSPS) is 11.9. The molecule has 0 aliphatic carbocycles. The summed E-state index contributed by atoms with van der Waals surface area (Å²) in [5, 5.41) is 11.1. The van der Waals surface area contributed by atoms with Crippen molar-refractivity contribution in [3.63, 3.8) is 0 Å². The number of amidine groups is 1. The first kappa shape index (κ1) is 15.2. The van der Waals surface area contributed by atoms with Crippen molar-refractivity contribution in [1.29, 1.82) is 5.26 Å². The van der Waals surface area contributed by atoms with Gasteiger partial charge in [0.1, 0.15) is 5.75 Å². The van der Waals surface area contributed by atoms with Crippen LogP contribution in [0.1, 0.15) is 5.56 Å². The Morgan fingerprint density at radius 2 is 2.11 bits per heavy atom. The first-order chi connectivity index (χ1) is 8.84. The van der Waals surface area contributed by atoms with Gasteiger partial charge in [0, 0.05) is 6.07 Å². The van der Waals surface area contributed by atoms with Gasteiger partial charge in [-0.25, -0.2) is 4.99 Å². The van der Waals surface area contributed by atoms with Crippen molar-refractivity contribution < 1.29 is 17.9 Å². The van der Waals surface area contributed by atoms with E-state index in [1.54, 1.807) is 25.4 Å². The van der Waals surface area contributed by atoms with Crippen LogP contribution in [-0.2, 0) is 0 Å². The smallest absolute Gasteiger partial charge is 0.406 e. The Labute approximate surface area is 112 Å². The summed E-state index contributed by atoms with van der Waals surface area (Å²) in [6.07, 6.45) is -1.37. The van der Waals surface area contributed by atoms with Crippen LogP contribution >= 0.6 is 11.8 Å². The van der Waals surface area contributed by atoms with Crippen LogP contribution in [0.3, 0.4) is 0 Å². The number of nitrogens with zero attached hydrogens (tertiary/aromatic N) is 2. The largest absolute Gasteiger partial charge is 0.573 e. The van der Waals surface area contributed by atoms with Gasteiger partial charge in [-0.3, -0.25) is 5.32 Å². The molecule has 0 saturated carbocycles. The molecule has 1 rings (SSSR count). The molecule has 0 saturated heterocycles. The fourth-order valence-electron chi connectivity index (χ4n) is 1.28. The third kappa shape index (κ3) is 5.52. The quantitative estimate of drug-likeness (QED) is 0.393. The highest BCUT2D eigenvalue weighted by molar-refractivity contribution is 8.13. The van der Waals surface area contributed by atoms with Crippen molar-refractivity contribution in [3.05, 3.63) is 23.8 Å². The number of hydrogen-bond acceptors (Lipinski definition) is 4. The van der Waals surface area contributed by atoms with Gasteiger partial charge in [-0.05, 0) is 30.9 Å². The van der Waals surface area contributed by atoms with Crippen molar-refractivity contribution in [1.82, 2.24) is 5.32 Å². The third-order valence-electron chi connectivity index (χ3n) is 1.86. The number of aliphatic imine (C=N–C) groups is 1. The van der Waals surface area contributed by atoms with Gasteiger partial charge in [-0.15, -0.1) is 13.2 Å². The second-order valence-corrected chi connectivity index (χ2v) is 4.20. The second-order valence-electron chi connectivity index (χ2n) is 3.41. The van der Waals surface area contributed by atoms with Crippen LogP contribution in [0, 0.1) is 18.4 Å². The standard InChI is InChI=1S/C11H10F3N3OS/c1-7-3-8(17-10(19-2)16-6-15)5-9(4-7)18-11(12,13)14/h3-5H,1-2H3,(H,16,17).